The lowest BCUT2D eigenvalue weighted by Gasteiger charge is -2.20. The Hall–Kier alpha value is -1.06. The van der Waals surface area contributed by atoms with Gasteiger partial charge in [-0.2, -0.15) is 5.06 Å². The van der Waals surface area contributed by atoms with E-state index in [2.05, 4.69) is 0 Å². The Balaban J connectivity index is 3.07. The van der Waals surface area contributed by atoms with Crippen LogP contribution in [-0.2, 0) is 0 Å². The molecule has 0 heterocycles. The van der Waals surface area contributed by atoms with Crippen molar-refractivity contribution in [1.29, 1.82) is 0 Å². The Morgan fingerprint density at radius 3 is 2.57 bits per heavy atom. The van der Waals surface area contributed by atoms with Crippen molar-refractivity contribution in [2.75, 3.05) is 14.2 Å². The predicted octanol–water partition coefficient (Wildman–Crippen LogP) is 2.39. The Labute approximate surface area is 84.9 Å². The highest BCUT2D eigenvalue weighted by Crippen LogP contribution is 2.28. The minimum Gasteiger partial charge on any atom is -0.496 e. The van der Waals surface area contributed by atoms with Crippen LogP contribution >= 0.6 is 0 Å². The quantitative estimate of drug-likeness (QED) is 0.752. The number of methoxy groups -OCH3 is 1. The van der Waals surface area contributed by atoms with Crippen molar-refractivity contribution in [3.63, 3.8) is 0 Å². The van der Waals surface area contributed by atoms with Gasteiger partial charge in [0, 0.05) is 12.6 Å². The molecule has 3 nitrogen and oxygen atoms in total. The zero-order chi connectivity index (χ0) is 10.7. The highest BCUT2D eigenvalue weighted by atomic mass is 16.5. The van der Waals surface area contributed by atoms with Crippen molar-refractivity contribution in [3.8, 4) is 5.75 Å². The molecule has 0 aliphatic carbocycles. The first-order valence-electron chi connectivity index (χ1n) is 4.62. The summed E-state index contributed by atoms with van der Waals surface area (Å²) in [7, 11) is 3.27. The fourth-order valence-electron chi connectivity index (χ4n) is 1.36. The van der Waals surface area contributed by atoms with Crippen molar-refractivity contribution < 1.29 is 9.94 Å². The zero-order valence-corrected chi connectivity index (χ0v) is 9.11. The first kappa shape index (κ1) is 11.0. The molecular weight excluding hydrogens is 178 g/mol. The maximum atomic E-state index is 9.34. The third-order valence-electron chi connectivity index (χ3n) is 2.40. The molecule has 0 aromatic heterocycles. The van der Waals surface area contributed by atoms with Crippen LogP contribution in [0.25, 0.3) is 0 Å². The minimum atomic E-state index is -0.0643. The second-order valence-electron chi connectivity index (χ2n) is 3.50. The van der Waals surface area contributed by atoms with Crippen molar-refractivity contribution in [1.82, 2.24) is 5.06 Å². The van der Waals surface area contributed by atoms with Gasteiger partial charge in [-0.15, -0.1) is 0 Å². The molecule has 0 radical (unpaired) electrons. The second kappa shape index (κ2) is 4.44. The van der Waals surface area contributed by atoms with Gasteiger partial charge in [0.25, 0.3) is 0 Å². The van der Waals surface area contributed by atoms with E-state index in [4.69, 9.17) is 4.74 Å². The highest BCUT2D eigenvalue weighted by molar-refractivity contribution is 5.38. The zero-order valence-electron chi connectivity index (χ0n) is 9.11. The SMILES string of the molecule is COc1cc(C)ccc1C(C)N(C)O. The maximum Gasteiger partial charge on any atom is 0.123 e. The Morgan fingerprint density at radius 1 is 1.43 bits per heavy atom. The standard InChI is InChI=1S/C11H17NO2/c1-8-5-6-10(9(2)12(3)13)11(7-8)14-4/h5-7,9,13H,1-4H3. The third kappa shape index (κ3) is 2.25. The van der Waals surface area contributed by atoms with Crippen LogP contribution in [-0.4, -0.2) is 24.4 Å². The van der Waals surface area contributed by atoms with Crippen LogP contribution < -0.4 is 4.74 Å². The summed E-state index contributed by atoms with van der Waals surface area (Å²) in [6, 6.07) is 5.89. The van der Waals surface area contributed by atoms with E-state index in [9.17, 15) is 5.21 Å². The number of nitrogens with zero attached hydrogens (tertiary/aromatic N) is 1. The predicted molar refractivity (Wildman–Crippen MR) is 55.7 cm³/mol. The number of hydrogen-bond donors (Lipinski definition) is 1. The van der Waals surface area contributed by atoms with Crippen molar-refractivity contribution in [2.45, 2.75) is 19.9 Å². The molecule has 0 spiro atoms. The van der Waals surface area contributed by atoms with Gasteiger partial charge in [-0.05, 0) is 25.5 Å². The monoisotopic (exact) mass is 195 g/mol. The van der Waals surface area contributed by atoms with Crippen LogP contribution in [0.2, 0.25) is 0 Å². The number of rotatable bonds is 3. The van der Waals surface area contributed by atoms with E-state index in [0.717, 1.165) is 16.9 Å². The molecule has 14 heavy (non-hydrogen) atoms. The van der Waals surface area contributed by atoms with E-state index in [0.29, 0.717) is 0 Å². The molecule has 0 amide bonds. The molecule has 0 aliphatic heterocycles. The Bertz CT molecular complexity index is 310. The van der Waals surface area contributed by atoms with E-state index in [1.807, 2.05) is 32.0 Å². The maximum absolute atomic E-state index is 9.34. The number of benzene rings is 1. The number of aryl methyl sites for hydroxylation is 1. The molecule has 78 valence electrons. The first-order chi connectivity index (χ1) is 6.56. The molecule has 3 heteroatoms. The summed E-state index contributed by atoms with van der Waals surface area (Å²) in [6.07, 6.45) is 0. The van der Waals surface area contributed by atoms with Crippen LogP contribution in [0.15, 0.2) is 18.2 Å². The summed E-state index contributed by atoms with van der Waals surface area (Å²) in [4.78, 5) is 0. The number of hydrogen-bond acceptors (Lipinski definition) is 3. The summed E-state index contributed by atoms with van der Waals surface area (Å²) in [5.74, 6) is 0.818. The summed E-state index contributed by atoms with van der Waals surface area (Å²) >= 11 is 0. The molecule has 1 rings (SSSR count). The molecule has 1 N–H and O–H groups in total. The molecule has 0 saturated heterocycles. The molecule has 0 bridgehead atoms. The van der Waals surface area contributed by atoms with Gasteiger partial charge >= 0.3 is 0 Å². The van der Waals surface area contributed by atoms with Crippen LogP contribution in [0.4, 0.5) is 0 Å². The van der Waals surface area contributed by atoms with E-state index >= 15 is 0 Å². The van der Waals surface area contributed by atoms with Gasteiger partial charge < -0.3 is 9.94 Å². The minimum absolute atomic E-state index is 0.0643. The van der Waals surface area contributed by atoms with Crippen LogP contribution in [0.5, 0.6) is 5.75 Å². The van der Waals surface area contributed by atoms with Gasteiger partial charge in [-0.3, -0.25) is 0 Å². The fraction of sp³-hybridized carbons (Fsp3) is 0.455. The van der Waals surface area contributed by atoms with Gasteiger partial charge in [0.15, 0.2) is 0 Å². The van der Waals surface area contributed by atoms with E-state index in [1.165, 1.54) is 5.06 Å². The molecule has 1 atom stereocenters. The number of ether oxygens (including phenoxy) is 1. The van der Waals surface area contributed by atoms with E-state index < -0.39 is 0 Å². The summed E-state index contributed by atoms with van der Waals surface area (Å²) < 4.78 is 5.26. The van der Waals surface area contributed by atoms with Gasteiger partial charge in [0.05, 0.1) is 13.2 Å². The molecule has 1 aromatic carbocycles. The number of hydroxylamine groups is 2. The van der Waals surface area contributed by atoms with E-state index in [-0.39, 0.29) is 6.04 Å². The lowest BCUT2D eigenvalue weighted by atomic mass is 10.1. The third-order valence-corrected chi connectivity index (χ3v) is 2.40. The summed E-state index contributed by atoms with van der Waals surface area (Å²) in [6.45, 7) is 3.94. The molecule has 0 fully saturated rings. The molecule has 1 aromatic rings. The molecule has 0 saturated carbocycles. The van der Waals surface area contributed by atoms with Crippen LogP contribution in [0.3, 0.4) is 0 Å². The fourth-order valence-corrected chi connectivity index (χ4v) is 1.36. The molecular formula is C11H17NO2. The smallest absolute Gasteiger partial charge is 0.123 e. The van der Waals surface area contributed by atoms with Gasteiger partial charge in [0.1, 0.15) is 5.75 Å². The Morgan fingerprint density at radius 2 is 2.07 bits per heavy atom. The van der Waals surface area contributed by atoms with Crippen molar-refractivity contribution >= 4 is 0 Å². The molecule has 1 unspecified atom stereocenters. The van der Waals surface area contributed by atoms with Gasteiger partial charge in [-0.1, -0.05) is 12.1 Å². The normalized spacial score (nSPS) is 13.0. The summed E-state index contributed by atoms with van der Waals surface area (Å²) in [5, 5.41) is 10.5. The Kier molecular flexibility index (Phi) is 3.49. The molecule has 0 aliphatic rings. The lowest BCUT2D eigenvalue weighted by molar-refractivity contribution is -0.0988. The van der Waals surface area contributed by atoms with Crippen molar-refractivity contribution in [3.05, 3.63) is 29.3 Å². The lowest BCUT2D eigenvalue weighted by Crippen LogP contribution is -2.18. The largest absolute Gasteiger partial charge is 0.496 e. The summed E-state index contributed by atoms with van der Waals surface area (Å²) in [5.41, 5.74) is 2.14. The average Bonchev–Trinajstić information content (AvgIpc) is 2.16. The highest BCUT2D eigenvalue weighted by Gasteiger charge is 2.14. The van der Waals surface area contributed by atoms with Crippen LogP contribution in [0, 0.1) is 6.92 Å². The average molecular weight is 195 g/mol. The van der Waals surface area contributed by atoms with Crippen molar-refractivity contribution in [2.24, 2.45) is 0 Å². The topological polar surface area (TPSA) is 32.7 Å². The van der Waals surface area contributed by atoms with Gasteiger partial charge in [0.2, 0.25) is 0 Å². The first-order valence-corrected chi connectivity index (χ1v) is 4.62. The second-order valence-corrected chi connectivity index (χ2v) is 3.50. The van der Waals surface area contributed by atoms with Gasteiger partial charge in [-0.25, -0.2) is 0 Å². The van der Waals surface area contributed by atoms with Crippen LogP contribution in [0.1, 0.15) is 24.1 Å². The van der Waals surface area contributed by atoms with E-state index in [1.54, 1.807) is 14.2 Å².